The molecule has 2 heterocycles. The lowest BCUT2D eigenvalue weighted by Crippen LogP contribution is -2.14. The summed E-state index contributed by atoms with van der Waals surface area (Å²) in [5.74, 6) is -0.280. The Morgan fingerprint density at radius 1 is 0.921 bits per heavy atom. The van der Waals surface area contributed by atoms with Crippen LogP contribution in [0.4, 0.5) is 10.8 Å². The molecule has 0 fully saturated rings. The molecule has 0 aliphatic heterocycles. The zero-order chi connectivity index (χ0) is 26.8. The smallest absolute Gasteiger partial charge is 0.257 e. The van der Waals surface area contributed by atoms with Crippen molar-refractivity contribution in [3.05, 3.63) is 94.0 Å². The second-order valence-corrected chi connectivity index (χ2v) is 9.79. The van der Waals surface area contributed by atoms with Gasteiger partial charge in [-0.05, 0) is 67.6 Å². The van der Waals surface area contributed by atoms with E-state index in [4.69, 9.17) is 23.2 Å². The van der Waals surface area contributed by atoms with Gasteiger partial charge in [0, 0.05) is 21.8 Å². The Bertz CT molecular complexity index is 1650. The Hall–Kier alpha value is -4.32. The number of carbonyl (C=O) groups excluding carboxylic acids is 2. The van der Waals surface area contributed by atoms with Crippen molar-refractivity contribution in [1.82, 2.24) is 25.0 Å². The minimum atomic E-state index is -0.438. The molecule has 5 rings (SSSR count). The van der Waals surface area contributed by atoms with Crippen LogP contribution in [0.25, 0.3) is 16.3 Å². The van der Waals surface area contributed by atoms with Crippen LogP contribution in [0, 0.1) is 6.92 Å². The number of anilines is 2. The highest BCUT2D eigenvalue weighted by Crippen LogP contribution is 2.39. The number of carbonyl (C=O) groups is 2. The molecule has 5 aromatic rings. The molecule has 2 amide bonds. The van der Waals surface area contributed by atoms with Crippen molar-refractivity contribution in [2.24, 2.45) is 0 Å². The molecule has 0 unspecified atom stereocenters. The van der Waals surface area contributed by atoms with Crippen molar-refractivity contribution in [3.63, 3.8) is 0 Å². The molecular formula is C25H17Cl2N7O3S. The molecule has 0 aliphatic carbocycles. The van der Waals surface area contributed by atoms with E-state index in [1.54, 1.807) is 42.2 Å². The third-order valence-electron chi connectivity index (χ3n) is 5.31. The molecule has 0 radical (unpaired) electrons. The average Bonchev–Trinajstić information content (AvgIpc) is 3.55. The van der Waals surface area contributed by atoms with Gasteiger partial charge in [0.05, 0.1) is 16.3 Å². The number of halogens is 2. The molecule has 0 atom stereocenters. The fraction of sp³-hybridized carbons (Fsp3) is 0.0400. The van der Waals surface area contributed by atoms with Gasteiger partial charge in [-0.2, -0.15) is 5.10 Å². The first kappa shape index (κ1) is 25.3. The maximum atomic E-state index is 12.7. The van der Waals surface area contributed by atoms with Crippen LogP contribution in [0.1, 0.15) is 26.5 Å². The highest BCUT2D eigenvalue weighted by Gasteiger charge is 2.17. The molecule has 0 spiro atoms. The second-order valence-electron chi connectivity index (χ2n) is 7.96. The van der Waals surface area contributed by atoms with Gasteiger partial charge in [-0.1, -0.05) is 34.5 Å². The molecule has 0 bridgehead atoms. The standard InChI is InChI=1S/C25H17Cl2N7O3S/c1-13-28-12-34(33-13)18-8-6-17(7-9-18)29-22(36)14-2-4-15(5-3-14)23(37)30-25-32-31-24(38-25)19-10-16(26)11-20(27)21(19)35/h2-12,35H,1H3,(H,29,36)(H,30,32,37). The second kappa shape index (κ2) is 10.6. The van der Waals surface area contributed by atoms with Crippen LogP contribution < -0.4 is 10.6 Å². The van der Waals surface area contributed by atoms with Crippen molar-refractivity contribution in [2.75, 3.05) is 10.6 Å². The van der Waals surface area contributed by atoms with Gasteiger partial charge in [0.2, 0.25) is 5.13 Å². The zero-order valence-electron chi connectivity index (χ0n) is 19.5. The molecule has 38 heavy (non-hydrogen) atoms. The lowest BCUT2D eigenvalue weighted by molar-refractivity contribution is 0.101. The molecule has 10 nitrogen and oxygen atoms in total. The minimum Gasteiger partial charge on any atom is -0.506 e. The first-order chi connectivity index (χ1) is 18.3. The number of aromatic hydroxyl groups is 1. The van der Waals surface area contributed by atoms with Crippen LogP contribution in [-0.4, -0.2) is 41.9 Å². The van der Waals surface area contributed by atoms with Gasteiger partial charge in [0.1, 0.15) is 17.9 Å². The summed E-state index contributed by atoms with van der Waals surface area (Å²) < 4.78 is 1.64. The molecule has 0 saturated heterocycles. The number of amides is 2. The van der Waals surface area contributed by atoms with Gasteiger partial charge in [-0.25, -0.2) is 9.67 Å². The maximum absolute atomic E-state index is 12.7. The van der Waals surface area contributed by atoms with Gasteiger partial charge < -0.3 is 10.4 Å². The summed E-state index contributed by atoms with van der Waals surface area (Å²) in [5, 5.41) is 28.8. The van der Waals surface area contributed by atoms with Gasteiger partial charge in [0.15, 0.2) is 5.01 Å². The molecule has 0 saturated carbocycles. The van der Waals surface area contributed by atoms with Crippen molar-refractivity contribution in [3.8, 4) is 22.0 Å². The van der Waals surface area contributed by atoms with E-state index in [1.807, 2.05) is 12.1 Å². The minimum absolute atomic E-state index is 0.0799. The topological polar surface area (TPSA) is 135 Å². The molecule has 13 heteroatoms. The van der Waals surface area contributed by atoms with E-state index < -0.39 is 5.91 Å². The third kappa shape index (κ3) is 5.49. The van der Waals surface area contributed by atoms with Crippen molar-refractivity contribution in [2.45, 2.75) is 6.92 Å². The largest absolute Gasteiger partial charge is 0.506 e. The summed E-state index contributed by atoms with van der Waals surface area (Å²) in [6.07, 6.45) is 1.62. The number of aryl methyl sites for hydroxylation is 1. The zero-order valence-corrected chi connectivity index (χ0v) is 21.8. The summed E-state index contributed by atoms with van der Waals surface area (Å²) in [7, 11) is 0. The predicted octanol–water partition coefficient (Wildman–Crippen LogP) is 5.61. The van der Waals surface area contributed by atoms with E-state index in [2.05, 4.69) is 30.9 Å². The molecule has 0 aliphatic rings. The summed E-state index contributed by atoms with van der Waals surface area (Å²) >= 11 is 13.0. The average molecular weight is 566 g/mol. The van der Waals surface area contributed by atoms with Crippen LogP contribution in [-0.2, 0) is 0 Å². The lowest BCUT2D eigenvalue weighted by atomic mass is 10.1. The summed E-state index contributed by atoms with van der Waals surface area (Å²) in [6, 6.07) is 16.2. The van der Waals surface area contributed by atoms with E-state index >= 15 is 0 Å². The van der Waals surface area contributed by atoms with E-state index in [-0.39, 0.29) is 21.8 Å². The summed E-state index contributed by atoms with van der Waals surface area (Å²) in [4.78, 5) is 29.4. The third-order valence-corrected chi connectivity index (χ3v) is 6.69. The van der Waals surface area contributed by atoms with Crippen molar-refractivity contribution >= 4 is 57.2 Å². The number of nitrogens with zero attached hydrogens (tertiary/aromatic N) is 5. The normalized spacial score (nSPS) is 10.8. The number of phenolic OH excluding ortho intramolecular Hbond substituents is 1. The molecular weight excluding hydrogens is 549 g/mol. The highest BCUT2D eigenvalue weighted by molar-refractivity contribution is 7.18. The highest BCUT2D eigenvalue weighted by atomic mass is 35.5. The predicted molar refractivity (Wildman–Crippen MR) is 145 cm³/mol. The number of hydrogen-bond acceptors (Lipinski definition) is 8. The fourth-order valence-electron chi connectivity index (χ4n) is 3.42. The number of phenols is 1. The number of hydrogen-bond donors (Lipinski definition) is 3. The Morgan fingerprint density at radius 2 is 1.58 bits per heavy atom. The van der Waals surface area contributed by atoms with Crippen LogP contribution in [0.3, 0.4) is 0 Å². The van der Waals surface area contributed by atoms with E-state index in [9.17, 15) is 14.7 Å². The monoisotopic (exact) mass is 565 g/mol. The molecule has 190 valence electrons. The van der Waals surface area contributed by atoms with Gasteiger partial charge in [-0.3, -0.25) is 14.9 Å². The Kier molecular flexibility index (Phi) is 7.05. The molecule has 3 aromatic carbocycles. The van der Waals surface area contributed by atoms with Gasteiger partial charge >= 0.3 is 0 Å². The Balaban J connectivity index is 1.22. The van der Waals surface area contributed by atoms with E-state index in [0.29, 0.717) is 38.2 Å². The van der Waals surface area contributed by atoms with Gasteiger partial charge in [0.25, 0.3) is 11.8 Å². The van der Waals surface area contributed by atoms with Crippen LogP contribution in [0.15, 0.2) is 67.0 Å². The summed E-state index contributed by atoms with van der Waals surface area (Å²) in [6.45, 7) is 1.80. The first-order valence-corrected chi connectivity index (χ1v) is 12.6. The van der Waals surface area contributed by atoms with E-state index in [0.717, 1.165) is 17.0 Å². The maximum Gasteiger partial charge on any atom is 0.257 e. The summed E-state index contributed by atoms with van der Waals surface area (Å²) in [5.41, 5.74) is 2.42. The van der Waals surface area contributed by atoms with Crippen LogP contribution in [0.2, 0.25) is 10.0 Å². The number of rotatable bonds is 6. The fourth-order valence-corrected chi connectivity index (χ4v) is 4.67. The van der Waals surface area contributed by atoms with Crippen molar-refractivity contribution < 1.29 is 14.7 Å². The van der Waals surface area contributed by atoms with Crippen LogP contribution in [0.5, 0.6) is 5.75 Å². The van der Waals surface area contributed by atoms with Crippen LogP contribution >= 0.6 is 34.5 Å². The number of benzene rings is 3. The van der Waals surface area contributed by atoms with Crippen molar-refractivity contribution in [1.29, 1.82) is 0 Å². The van der Waals surface area contributed by atoms with E-state index in [1.165, 1.54) is 24.3 Å². The first-order valence-electron chi connectivity index (χ1n) is 11.0. The SMILES string of the molecule is Cc1ncn(-c2ccc(NC(=O)c3ccc(C(=O)Nc4nnc(-c5cc(Cl)cc(Cl)c5O)s4)cc3)cc2)n1. The Labute approximate surface area is 229 Å². The van der Waals surface area contributed by atoms with Gasteiger partial charge in [-0.15, -0.1) is 10.2 Å². The lowest BCUT2D eigenvalue weighted by Gasteiger charge is -2.07. The quantitative estimate of drug-likeness (QED) is 0.243. The molecule has 3 N–H and O–H groups in total. The molecule has 2 aromatic heterocycles. The number of aromatic nitrogens is 5. The number of nitrogens with one attached hydrogen (secondary N) is 2. The Morgan fingerprint density at radius 3 is 2.21 bits per heavy atom.